The Morgan fingerprint density at radius 3 is 2.12 bits per heavy atom. The predicted octanol–water partition coefficient (Wildman–Crippen LogP) is 2.45. The van der Waals surface area contributed by atoms with Crippen LogP contribution in [-0.4, -0.2) is 39.4 Å². The monoisotopic (exact) mass is 362 g/mol. The highest BCUT2D eigenvalue weighted by Gasteiger charge is 2.18. The summed E-state index contributed by atoms with van der Waals surface area (Å²) >= 11 is 0. The van der Waals surface area contributed by atoms with Crippen molar-refractivity contribution in [1.82, 2.24) is 0 Å². The summed E-state index contributed by atoms with van der Waals surface area (Å²) in [4.78, 5) is 24.2. The minimum absolute atomic E-state index is 0.0165. The summed E-state index contributed by atoms with van der Waals surface area (Å²) in [5.41, 5.74) is 0.986. The average molecular weight is 362 g/mol. The fourth-order valence-electron chi connectivity index (χ4n) is 2.24. The second kappa shape index (κ2) is 6.94. The van der Waals surface area contributed by atoms with Gasteiger partial charge in [-0.05, 0) is 37.3 Å². The number of rotatable bonds is 6. The van der Waals surface area contributed by atoms with E-state index in [-0.39, 0.29) is 21.9 Å². The molecule has 132 valence electrons. The molecule has 0 fully saturated rings. The van der Waals surface area contributed by atoms with E-state index in [0.717, 1.165) is 0 Å². The smallest absolute Gasteiger partial charge is 0.337 e. The molecule has 0 aliphatic heterocycles. The molecule has 0 saturated carbocycles. The van der Waals surface area contributed by atoms with Gasteiger partial charge in [-0.2, -0.15) is 0 Å². The quantitative estimate of drug-likeness (QED) is 0.765. The number of nitrogens with zero attached hydrogens (tertiary/aromatic N) is 1. The van der Waals surface area contributed by atoms with E-state index in [4.69, 9.17) is 0 Å². The first-order valence-electron chi connectivity index (χ1n) is 7.30. The third kappa shape index (κ3) is 4.16. The van der Waals surface area contributed by atoms with Gasteiger partial charge in [0.1, 0.15) is 0 Å². The van der Waals surface area contributed by atoms with Crippen LogP contribution < -0.4 is 9.62 Å². The van der Waals surface area contributed by atoms with Crippen molar-refractivity contribution in [2.45, 2.75) is 11.8 Å². The average Bonchev–Trinajstić information content (AvgIpc) is 2.54. The maximum Gasteiger partial charge on any atom is 0.337 e. The SMILES string of the molecule is CC(=O)c1ccc(S(=O)(=O)Nc2ccc(N(C)C)c(C(=O)O)c2)cc1. The van der Waals surface area contributed by atoms with Crippen LogP contribution in [0, 0.1) is 0 Å². The predicted molar refractivity (Wildman–Crippen MR) is 95.0 cm³/mol. The molecule has 7 nitrogen and oxygen atoms in total. The van der Waals surface area contributed by atoms with Crippen molar-refractivity contribution >= 4 is 33.2 Å². The van der Waals surface area contributed by atoms with Gasteiger partial charge in [-0.3, -0.25) is 9.52 Å². The number of ketones is 1. The number of Topliss-reactive ketones (excluding diaryl/α,β-unsaturated/α-hetero) is 1. The molecular weight excluding hydrogens is 344 g/mol. The largest absolute Gasteiger partial charge is 0.478 e. The summed E-state index contributed by atoms with van der Waals surface area (Å²) < 4.78 is 27.2. The molecular formula is C17H18N2O5S. The van der Waals surface area contributed by atoms with Crippen LogP contribution in [0.1, 0.15) is 27.6 Å². The van der Waals surface area contributed by atoms with Crippen molar-refractivity contribution in [2.75, 3.05) is 23.7 Å². The molecule has 0 unspecified atom stereocenters. The molecule has 0 heterocycles. The zero-order chi connectivity index (χ0) is 18.8. The molecule has 2 aromatic carbocycles. The van der Waals surface area contributed by atoms with Gasteiger partial charge >= 0.3 is 5.97 Å². The standard InChI is InChI=1S/C17H18N2O5S/c1-11(20)12-4-7-14(8-5-12)25(23,24)18-13-6-9-16(19(2)3)15(10-13)17(21)22/h4-10,18H,1-3H3,(H,21,22). The van der Waals surface area contributed by atoms with E-state index in [1.165, 1.54) is 49.4 Å². The maximum atomic E-state index is 12.4. The molecule has 0 saturated heterocycles. The molecule has 8 heteroatoms. The molecule has 0 radical (unpaired) electrons. The Labute approximate surface area is 146 Å². The summed E-state index contributed by atoms with van der Waals surface area (Å²) in [6.45, 7) is 1.39. The molecule has 0 aromatic heterocycles. The molecule has 0 bridgehead atoms. The summed E-state index contributed by atoms with van der Waals surface area (Å²) in [5.74, 6) is -1.32. The lowest BCUT2D eigenvalue weighted by Crippen LogP contribution is -2.16. The first-order valence-corrected chi connectivity index (χ1v) is 8.78. The zero-order valence-corrected chi connectivity index (χ0v) is 14.8. The minimum atomic E-state index is -3.90. The van der Waals surface area contributed by atoms with Crippen LogP contribution in [0.2, 0.25) is 0 Å². The Morgan fingerprint density at radius 2 is 1.64 bits per heavy atom. The summed E-state index contributed by atoms with van der Waals surface area (Å²) in [6, 6.07) is 9.78. The second-order valence-electron chi connectivity index (χ2n) is 5.62. The van der Waals surface area contributed by atoms with E-state index in [9.17, 15) is 23.1 Å². The normalized spacial score (nSPS) is 11.0. The number of nitrogens with one attached hydrogen (secondary N) is 1. The van der Waals surface area contributed by atoms with E-state index >= 15 is 0 Å². The van der Waals surface area contributed by atoms with Crippen molar-refractivity contribution < 1.29 is 23.1 Å². The van der Waals surface area contributed by atoms with Crippen molar-refractivity contribution in [3.8, 4) is 0 Å². The van der Waals surface area contributed by atoms with E-state index in [0.29, 0.717) is 11.3 Å². The number of hydrogen-bond acceptors (Lipinski definition) is 5. The third-order valence-electron chi connectivity index (χ3n) is 3.53. The first-order chi connectivity index (χ1) is 11.6. The third-order valence-corrected chi connectivity index (χ3v) is 4.93. The van der Waals surface area contributed by atoms with E-state index < -0.39 is 16.0 Å². The minimum Gasteiger partial charge on any atom is -0.478 e. The number of benzene rings is 2. The highest BCUT2D eigenvalue weighted by Crippen LogP contribution is 2.25. The van der Waals surface area contributed by atoms with Crippen LogP contribution in [0.3, 0.4) is 0 Å². The molecule has 0 spiro atoms. The lowest BCUT2D eigenvalue weighted by molar-refractivity contribution is 0.0697. The van der Waals surface area contributed by atoms with Gasteiger partial charge in [0.15, 0.2) is 5.78 Å². The van der Waals surface area contributed by atoms with Crippen molar-refractivity contribution in [3.05, 3.63) is 53.6 Å². The molecule has 25 heavy (non-hydrogen) atoms. The summed E-state index contributed by atoms with van der Waals surface area (Å²) in [6.07, 6.45) is 0. The van der Waals surface area contributed by atoms with E-state index in [1.54, 1.807) is 19.0 Å². The Bertz CT molecular complexity index is 919. The van der Waals surface area contributed by atoms with Gasteiger partial charge in [-0.1, -0.05) is 12.1 Å². The number of carboxylic acid groups (broad SMARTS) is 1. The van der Waals surface area contributed by atoms with Crippen LogP contribution in [0.4, 0.5) is 11.4 Å². The van der Waals surface area contributed by atoms with Gasteiger partial charge < -0.3 is 10.0 Å². The van der Waals surface area contributed by atoms with Crippen molar-refractivity contribution in [1.29, 1.82) is 0 Å². The van der Waals surface area contributed by atoms with Gasteiger partial charge in [0.25, 0.3) is 10.0 Å². The zero-order valence-electron chi connectivity index (χ0n) is 14.0. The number of hydrogen-bond donors (Lipinski definition) is 2. The van der Waals surface area contributed by atoms with Crippen LogP contribution in [0.15, 0.2) is 47.4 Å². The van der Waals surface area contributed by atoms with Crippen LogP contribution in [-0.2, 0) is 10.0 Å². The molecule has 0 atom stereocenters. The Hall–Kier alpha value is -2.87. The topological polar surface area (TPSA) is 104 Å². The summed E-state index contributed by atoms with van der Waals surface area (Å²) in [5, 5.41) is 9.30. The second-order valence-corrected chi connectivity index (χ2v) is 7.30. The number of carbonyl (C=O) groups is 2. The Morgan fingerprint density at radius 1 is 1.04 bits per heavy atom. The van der Waals surface area contributed by atoms with Gasteiger partial charge in [-0.15, -0.1) is 0 Å². The van der Waals surface area contributed by atoms with Crippen molar-refractivity contribution in [2.24, 2.45) is 0 Å². The van der Waals surface area contributed by atoms with Gasteiger partial charge in [0.2, 0.25) is 0 Å². The van der Waals surface area contributed by atoms with Crippen LogP contribution in [0.25, 0.3) is 0 Å². The number of sulfonamides is 1. The lowest BCUT2D eigenvalue weighted by atomic mass is 10.1. The van der Waals surface area contributed by atoms with Gasteiger partial charge in [0.05, 0.1) is 16.1 Å². The number of carboxylic acids is 1. The molecule has 2 rings (SSSR count). The molecule has 2 N–H and O–H groups in total. The van der Waals surface area contributed by atoms with Crippen LogP contribution >= 0.6 is 0 Å². The highest BCUT2D eigenvalue weighted by atomic mass is 32.2. The molecule has 0 amide bonds. The highest BCUT2D eigenvalue weighted by molar-refractivity contribution is 7.92. The fraction of sp³-hybridized carbons (Fsp3) is 0.176. The van der Waals surface area contributed by atoms with E-state index in [2.05, 4.69) is 4.72 Å². The number of carbonyl (C=O) groups excluding carboxylic acids is 1. The lowest BCUT2D eigenvalue weighted by Gasteiger charge is -2.17. The molecule has 0 aliphatic carbocycles. The Balaban J connectivity index is 2.36. The molecule has 2 aromatic rings. The maximum absolute atomic E-state index is 12.4. The number of anilines is 2. The van der Waals surface area contributed by atoms with Gasteiger partial charge in [-0.25, -0.2) is 13.2 Å². The van der Waals surface area contributed by atoms with E-state index in [1.807, 2.05) is 0 Å². The molecule has 0 aliphatic rings. The van der Waals surface area contributed by atoms with Crippen LogP contribution in [0.5, 0.6) is 0 Å². The van der Waals surface area contributed by atoms with Gasteiger partial charge in [0, 0.05) is 25.3 Å². The number of aromatic carboxylic acids is 1. The van der Waals surface area contributed by atoms with Crippen molar-refractivity contribution in [3.63, 3.8) is 0 Å². The fourth-order valence-corrected chi connectivity index (χ4v) is 3.29. The Kier molecular flexibility index (Phi) is 5.13. The summed E-state index contributed by atoms with van der Waals surface area (Å²) in [7, 11) is -0.506. The first kappa shape index (κ1) is 18.5.